The zero-order valence-electron chi connectivity index (χ0n) is 17.6. The molecule has 10 heteroatoms. The van der Waals surface area contributed by atoms with Gasteiger partial charge in [-0.25, -0.2) is 10.2 Å². The maximum atomic E-state index is 12.4. The molecule has 0 atom stereocenters. The van der Waals surface area contributed by atoms with Crippen molar-refractivity contribution in [1.29, 1.82) is 0 Å². The first-order valence-corrected chi connectivity index (χ1v) is 10.3. The fraction of sp³-hybridized carbons (Fsp3) is 0.227. The van der Waals surface area contributed by atoms with Crippen molar-refractivity contribution in [1.82, 2.24) is 5.43 Å². The number of nitrogens with zero attached hydrogens (tertiary/aromatic N) is 1. The van der Waals surface area contributed by atoms with Crippen molar-refractivity contribution in [3.05, 3.63) is 52.2 Å². The Hall–Kier alpha value is -3.53. The highest BCUT2D eigenvalue weighted by molar-refractivity contribution is 9.10. The molecule has 0 saturated heterocycles. The molecule has 1 heterocycles. The lowest BCUT2D eigenvalue weighted by atomic mass is 10.2. The fourth-order valence-corrected chi connectivity index (χ4v) is 3.39. The highest BCUT2D eigenvalue weighted by atomic mass is 79.9. The maximum absolute atomic E-state index is 12.4. The van der Waals surface area contributed by atoms with Crippen molar-refractivity contribution in [2.75, 3.05) is 27.4 Å². The van der Waals surface area contributed by atoms with Gasteiger partial charge in [0, 0.05) is 5.39 Å². The number of nitrogens with one attached hydrogen (secondary N) is 1. The molecule has 3 aromatic rings. The molecule has 0 aliphatic rings. The van der Waals surface area contributed by atoms with Gasteiger partial charge in [0.15, 0.2) is 35.2 Å². The Balaban J connectivity index is 1.70. The molecule has 0 spiro atoms. The number of carbonyl (C=O) groups excluding carboxylic acids is 2. The van der Waals surface area contributed by atoms with Crippen LogP contribution in [0.4, 0.5) is 0 Å². The average Bonchev–Trinajstić information content (AvgIpc) is 3.22. The van der Waals surface area contributed by atoms with Gasteiger partial charge in [0.25, 0.3) is 0 Å². The number of halogens is 1. The topological polar surface area (TPSA) is 109 Å². The fourth-order valence-electron chi connectivity index (χ4n) is 2.82. The van der Waals surface area contributed by atoms with Crippen molar-refractivity contribution in [3.8, 4) is 17.2 Å². The summed E-state index contributed by atoms with van der Waals surface area (Å²) in [6, 6.07) is 10.3. The molecule has 0 fully saturated rings. The number of benzene rings is 2. The summed E-state index contributed by atoms with van der Waals surface area (Å²) in [7, 11) is 3.00. The van der Waals surface area contributed by atoms with Crippen LogP contribution in [0.25, 0.3) is 11.0 Å². The van der Waals surface area contributed by atoms with E-state index in [0.717, 1.165) is 5.39 Å². The van der Waals surface area contributed by atoms with Crippen LogP contribution in [0.3, 0.4) is 0 Å². The van der Waals surface area contributed by atoms with E-state index >= 15 is 0 Å². The molecule has 0 aliphatic heterocycles. The number of methoxy groups -OCH3 is 2. The van der Waals surface area contributed by atoms with Crippen LogP contribution in [-0.2, 0) is 9.53 Å². The second-order valence-corrected chi connectivity index (χ2v) is 7.17. The van der Waals surface area contributed by atoms with E-state index in [9.17, 15) is 9.59 Å². The van der Waals surface area contributed by atoms with Gasteiger partial charge in [-0.3, -0.25) is 4.79 Å². The number of furan rings is 1. The third-order valence-electron chi connectivity index (χ3n) is 4.22. The minimum atomic E-state index is -0.514. The van der Waals surface area contributed by atoms with Gasteiger partial charge in [-0.1, -0.05) is 12.1 Å². The summed E-state index contributed by atoms with van der Waals surface area (Å²) in [6.07, 6.45) is 1.43. The van der Waals surface area contributed by atoms with Crippen LogP contribution in [0, 0.1) is 0 Å². The zero-order chi connectivity index (χ0) is 23.1. The van der Waals surface area contributed by atoms with E-state index in [0.29, 0.717) is 32.9 Å². The van der Waals surface area contributed by atoms with Crippen molar-refractivity contribution in [3.63, 3.8) is 0 Å². The molecule has 1 N–H and O–H groups in total. The number of hydrogen-bond acceptors (Lipinski definition) is 8. The van der Waals surface area contributed by atoms with E-state index in [1.54, 1.807) is 31.2 Å². The molecule has 168 valence electrons. The minimum Gasteiger partial charge on any atom is -0.493 e. The number of amides is 1. The van der Waals surface area contributed by atoms with Gasteiger partial charge in [0.05, 0.1) is 31.5 Å². The maximum Gasteiger partial charge on any atom is 0.344 e. The van der Waals surface area contributed by atoms with Crippen LogP contribution < -0.4 is 19.6 Å². The molecule has 9 nitrogen and oxygen atoms in total. The average molecular weight is 505 g/mol. The van der Waals surface area contributed by atoms with E-state index in [1.165, 1.54) is 20.4 Å². The third-order valence-corrected chi connectivity index (χ3v) is 4.81. The lowest BCUT2D eigenvalue weighted by Crippen LogP contribution is -2.16. The Morgan fingerprint density at radius 1 is 1.16 bits per heavy atom. The second kappa shape index (κ2) is 10.7. The Bertz CT molecular complexity index is 1160. The van der Waals surface area contributed by atoms with E-state index in [1.807, 2.05) is 12.1 Å². The van der Waals surface area contributed by atoms with Gasteiger partial charge < -0.3 is 23.4 Å². The first-order chi connectivity index (χ1) is 15.5. The normalized spacial score (nSPS) is 10.9. The Labute approximate surface area is 192 Å². The number of hydrazone groups is 1. The number of rotatable bonds is 9. The molecular weight excluding hydrogens is 484 g/mol. The summed E-state index contributed by atoms with van der Waals surface area (Å²) in [4.78, 5) is 23.9. The summed E-state index contributed by atoms with van der Waals surface area (Å²) in [6.45, 7) is 1.73. The number of hydrogen-bond donors (Lipinski definition) is 1. The molecule has 0 saturated carbocycles. The summed E-state index contributed by atoms with van der Waals surface area (Å²) < 4.78 is 27.0. The van der Waals surface area contributed by atoms with Gasteiger partial charge in [0.2, 0.25) is 0 Å². The lowest BCUT2D eigenvalue weighted by Gasteiger charge is -2.13. The van der Waals surface area contributed by atoms with Crippen molar-refractivity contribution in [2.24, 2.45) is 5.10 Å². The Kier molecular flexibility index (Phi) is 7.72. The molecule has 0 aliphatic carbocycles. The van der Waals surface area contributed by atoms with Crippen LogP contribution in [0.2, 0.25) is 0 Å². The van der Waals surface area contributed by atoms with Crippen molar-refractivity contribution >= 4 is 45.0 Å². The van der Waals surface area contributed by atoms with Crippen LogP contribution >= 0.6 is 15.9 Å². The summed E-state index contributed by atoms with van der Waals surface area (Å²) in [5.41, 5.74) is 3.52. The molecule has 1 aromatic heterocycles. The van der Waals surface area contributed by atoms with Gasteiger partial charge in [-0.15, -0.1) is 0 Å². The first kappa shape index (κ1) is 23.1. The van der Waals surface area contributed by atoms with Gasteiger partial charge in [-0.05, 0) is 52.7 Å². The third kappa shape index (κ3) is 5.38. The molecule has 1 amide bonds. The van der Waals surface area contributed by atoms with Crippen LogP contribution in [-0.4, -0.2) is 45.5 Å². The van der Waals surface area contributed by atoms with Gasteiger partial charge >= 0.3 is 11.9 Å². The molecule has 0 radical (unpaired) electrons. The summed E-state index contributed by atoms with van der Waals surface area (Å²) in [5, 5.41) is 4.71. The first-order valence-electron chi connectivity index (χ1n) is 9.52. The molecule has 3 rings (SSSR count). The monoisotopic (exact) mass is 504 g/mol. The standard InChI is InChI=1S/C22H21BrN2O7/c1-4-30-19(26)12-31-21-15(23)8-13(9-17(21)29-3)11-24-25-22(27)18-10-14-6-5-7-16(28-2)20(14)32-18/h5-11H,4,12H2,1-3H3,(H,25,27)/b24-11-. The quantitative estimate of drug-likeness (QED) is 0.267. The van der Waals surface area contributed by atoms with E-state index in [-0.39, 0.29) is 19.0 Å². The smallest absolute Gasteiger partial charge is 0.344 e. The van der Waals surface area contributed by atoms with E-state index in [4.69, 9.17) is 23.4 Å². The van der Waals surface area contributed by atoms with Crippen molar-refractivity contribution in [2.45, 2.75) is 6.92 Å². The highest BCUT2D eigenvalue weighted by Crippen LogP contribution is 2.36. The molecule has 2 aromatic carbocycles. The molecule has 0 bridgehead atoms. The minimum absolute atomic E-state index is 0.100. The van der Waals surface area contributed by atoms with Crippen LogP contribution in [0.1, 0.15) is 23.0 Å². The zero-order valence-corrected chi connectivity index (χ0v) is 19.2. The summed E-state index contributed by atoms with van der Waals surface area (Å²) in [5.74, 6) is 0.354. The van der Waals surface area contributed by atoms with Gasteiger partial charge in [0.1, 0.15) is 0 Å². The van der Waals surface area contributed by atoms with E-state index in [2.05, 4.69) is 26.5 Å². The number of para-hydroxylation sites is 1. The molecule has 0 unspecified atom stereocenters. The number of ether oxygens (including phenoxy) is 4. The van der Waals surface area contributed by atoms with Crippen LogP contribution in [0.15, 0.2) is 50.4 Å². The highest BCUT2D eigenvalue weighted by Gasteiger charge is 2.15. The predicted octanol–water partition coefficient (Wildman–Crippen LogP) is 3.92. The second-order valence-electron chi connectivity index (χ2n) is 6.32. The lowest BCUT2D eigenvalue weighted by molar-refractivity contribution is -0.145. The van der Waals surface area contributed by atoms with E-state index < -0.39 is 11.9 Å². The molecular formula is C22H21BrN2O7. The number of carbonyl (C=O) groups is 2. The summed E-state index contributed by atoms with van der Waals surface area (Å²) >= 11 is 3.39. The van der Waals surface area contributed by atoms with Crippen molar-refractivity contribution < 1.29 is 33.0 Å². The Morgan fingerprint density at radius 3 is 2.66 bits per heavy atom. The SMILES string of the molecule is CCOC(=O)COc1c(Br)cc(/C=N\NC(=O)c2cc3cccc(OC)c3o2)cc1OC. The largest absolute Gasteiger partial charge is 0.493 e. The number of esters is 1. The number of fused-ring (bicyclic) bond motifs is 1. The molecule has 32 heavy (non-hydrogen) atoms. The predicted molar refractivity (Wildman–Crippen MR) is 121 cm³/mol. The van der Waals surface area contributed by atoms with Crippen LogP contribution in [0.5, 0.6) is 17.2 Å². The Morgan fingerprint density at radius 2 is 1.94 bits per heavy atom. The van der Waals surface area contributed by atoms with Gasteiger partial charge in [-0.2, -0.15) is 5.10 Å².